The minimum absolute atomic E-state index is 0.154. The quantitative estimate of drug-likeness (QED) is 0.546. The van der Waals surface area contributed by atoms with Crippen molar-refractivity contribution in [1.29, 1.82) is 0 Å². The molecule has 1 saturated heterocycles. The normalized spacial score (nSPS) is 26.8. The van der Waals surface area contributed by atoms with E-state index in [0.29, 0.717) is 5.92 Å². The van der Waals surface area contributed by atoms with E-state index >= 15 is 0 Å². The second kappa shape index (κ2) is 2.87. The Kier molecular flexibility index (Phi) is 1.83. The summed E-state index contributed by atoms with van der Waals surface area (Å²) in [6, 6.07) is 0. The van der Waals surface area contributed by atoms with Gasteiger partial charge in [0.25, 0.3) is 5.91 Å². The van der Waals surface area contributed by atoms with Crippen molar-refractivity contribution < 1.29 is 4.79 Å². The van der Waals surface area contributed by atoms with Gasteiger partial charge in [-0.1, -0.05) is 31.2 Å². The lowest BCUT2D eigenvalue weighted by Gasteiger charge is -2.04. The average Bonchev–Trinajstić information content (AvgIpc) is 2.29. The largest absolute Gasteiger partial charge is 0.337 e. The molecule has 2 rings (SSSR count). The van der Waals surface area contributed by atoms with Gasteiger partial charge in [0.05, 0.1) is 0 Å². The van der Waals surface area contributed by atoms with E-state index < -0.39 is 0 Å². The van der Waals surface area contributed by atoms with Crippen molar-refractivity contribution in [2.75, 3.05) is 13.6 Å². The molecule has 0 spiro atoms. The summed E-state index contributed by atoms with van der Waals surface area (Å²) in [5.41, 5.74) is 2.04. The molecule has 13 heavy (non-hydrogen) atoms. The molecule has 0 aromatic heterocycles. The van der Waals surface area contributed by atoms with Crippen LogP contribution < -0.4 is 0 Å². The minimum atomic E-state index is 0.154. The molecular weight excluding hydrogens is 162 g/mol. The second-order valence-electron chi connectivity index (χ2n) is 3.68. The van der Waals surface area contributed by atoms with Crippen LogP contribution in [0.3, 0.4) is 0 Å². The Balaban J connectivity index is 2.44. The first-order valence-electron chi connectivity index (χ1n) is 4.53. The van der Waals surface area contributed by atoms with E-state index in [2.05, 4.69) is 13.0 Å². The number of likely N-dealkylation sites (tertiary alicyclic amines) is 1. The molecule has 1 heterocycles. The van der Waals surface area contributed by atoms with Crippen molar-refractivity contribution in [2.45, 2.75) is 6.92 Å². The molecule has 0 aromatic carbocycles. The Bertz CT molecular complexity index is 336. The maximum Gasteiger partial charge on any atom is 0.253 e. The van der Waals surface area contributed by atoms with Crippen molar-refractivity contribution in [3.05, 3.63) is 35.5 Å². The highest BCUT2D eigenvalue weighted by atomic mass is 16.2. The highest BCUT2D eigenvalue weighted by Crippen LogP contribution is 2.25. The molecule has 1 unspecified atom stereocenters. The van der Waals surface area contributed by atoms with Crippen LogP contribution in [-0.4, -0.2) is 24.4 Å². The topological polar surface area (TPSA) is 20.3 Å². The standard InChI is InChI=1S/C11H13NO/c1-8-4-3-5-9-7-12(2)11(13)10(9)6-8/h3-6,8H,7H2,1-2H3. The van der Waals surface area contributed by atoms with Crippen LogP contribution in [0.2, 0.25) is 0 Å². The van der Waals surface area contributed by atoms with Crippen LogP contribution in [-0.2, 0) is 4.79 Å². The molecule has 2 heteroatoms. The van der Waals surface area contributed by atoms with E-state index in [1.165, 1.54) is 0 Å². The Morgan fingerprint density at radius 2 is 2.31 bits per heavy atom. The van der Waals surface area contributed by atoms with E-state index in [0.717, 1.165) is 17.7 Å². The highest BCUT2D eigenvalue weighted by molar-refractivity contribution is 6.01. The summed E-state index contributed by atoms with van der Waals surface area (Å²) in [5.74, 6) is 0.515. The first-order valence-corrected chi connectivity index (χ1v) is 4.53. The van der Waals surface area contributed by atoms with Crippen molar-refractivity contribution in [1.82, 2.24) is 4.90 Å². The first kappa shape index (κ1) is 8.30. The van der Waals surface area contributed by atoms with E-state index in [-0.39, 0.29) is 5.91 Å². The van der Waals surface area contributed by atoms with E-state index in [1.54, 1.807) is 4.90 Å². The number of carbonyl (C=O) groups is 1. The molecule has 68 valence electrons. The average molecular weight is 175 g/mol. The number of allylic oxidation sites excluding steroid dienone is 4. The number of likely N-dealkylation sites (N-methyl/N-ethyl adjacent to an activating group) is 1. The van der Waals surface area contributed by atoms with Gasteiger partial charge < -0.3 is 4.90 Å². The van der Waals surface area contributed by atoms with Crippen LogP contribution in [0.15, 0.2) is 35.5 Å². The summed E-state index contributed by atoms with van der Waals surface area (Å²) in [4.78, 5) is 13.4. The fourth-order valence-electron chi connectivity index (χ4n) is 1.74. The lowest BCUT2D eigenvalue weighted by atomic mass is 10.1. The molecule has 0 bridgehead atoms. The van der Waals surface area contributed by atoms with Crippen LogP contribution in [0.25, 0.3) is 0 Å². The molecule has 2 nitrogen and oxygen atoms in total. The molecule has 0 saturated carbocycles. The molecule has 0 N–H and O–H groups in total. The molecule has 0 radical (unpaired) electrons. The summed E-state index contributed by atoms with van der Waals surface area (Å²) in [6.45, 7) is 2.84. The van der Waals surface area contributed by atoms with E-state index in [1.807, 2.05) is 25.3 Å². The number of amides is 1. The summed E-state index contributed by atoms with van der Waals surface area (Å²) in [7, 11) is 1.84. The first-order chi connectivity index (χ1) is 6.18. The number of hydrogen-bond acceptors (Lipinski definition) is 1. The number of fused-ring (bicyclic) bond motifs is 1. The van der Waals surface area contributed by atoms with Gasteiger partial charge in [0.2, 0.25) is 0 Å². The Morgan fingerprint density at radius 3 is 3.08 bits per heavy atom. The summed E-state index contributed by atoms with van der Waals surface area (Å²) in [5, 5.41) is 0. The number of hydrogen-bond donors (Lipinski definition) is 0. The van der Waals surface area contributed by atoms with Crippen LogP contribution in [0.4, 0.5) is 0 Å². The third-order valence-corrected chi connectivity index (χ3v) is 2.47. The van der Waals surface area contributed by atoms with Gasteiger partial charge in [0.1, 0.15) is 0 Å². The zero-order valence-corrected chi connectivity index (χ0v) is 7.95. The van der Waals surface area contributed by atoms with Crippen molar-refractivity contribution >= 4 is 5.91 Å². The van der Waals surface area contributed by atoms with Gasteiger partial charge in [0.15, 0.2) is 0 Å². The Hall–Kier alpha value is -1.31. The van der Waals surface area contributed by atoms with Gasteiger partial charge in [-0.05, 0) is 11.5 Å². The third-order valence-electron chi connectivity index (χ3n) is 2.47. The Morgan fingerprint density at radius 1 is 1.54 bits per heavy atom. The monoisotopic (exact) mass is 175 g/mol. The zero-order chi connectivity index (χ0) is 9.42. The molecular formula is C11H13NO. The molecule has 0 aromatic rings. The SMILES string of the molecule is CC1C=CC=C2CN(C)C(=O)C2=C1. The number of rotatable bonds is 0. The van der Waals surface area contributed by atoms with Gasteiger partial charge in [-0.25, -0.2) is 0 Å². The summed E-state index contributed by atoms with van der Waals surface area (Å²) >= 11 is 0. The number of carbonyl (C=O) groups excluding carboxylic acids is 1. The van der Waals surface area contributed by atoms with Gasteiger partial charge in [-0.15, -0.1) is 0 Å². The lowest BCUT2D eigenvalue weighted by Crippen LogP contribution is -2.19. The smallest absolute Gasteiger partial charge is 0.253 e. The number of nitrogens with zero attached hydrogens (tertiary/aromatic N) is 1. The van der Waals surface area contributed by atoms with Crippen LogP contribution in [0.1, 0.15) is 6.92 Å². The molecule has 1 fully saturated rings. The van der Waals surface area contributed by atoms with Crippen LogP contribution in [0.5, 0.6) is 0 Å². The predicted octanol–water partition coefficient (Wildman–Crippen LogP) is 1.52. The maximum atomic E-state index is 11.6. The molecule has 1 atom stereocenters. The molecule has 2 aliphatic rings. The van der Waals surface area contributed by atoms with Gasteiger partial charge in [-0.3, -0.25) is 4.79 Å². The summed E-state index contributed by atoms with van der Waals surface area (Å²) < 4.78 is 0. The third kappa shape index (κ3) is 1.32. The van der Waals surface area contributed by atoms with Crippen molar-refractivity contribution in [3.8, 4) is 0 Å². The minimum Gasteiger partial charge on any atom is -0.337 e. The van der Waals surface area contributed by atoms with E-state index in [4.69, 9.17) is 0 Å². The van der Waals surface area contributed by atoms with Gasteiger partial charge in [-0.2, -0.15) is 0 Å². The van der Waals surface area contributed by atoms with Crippen LogP contribution in [0, 0.1) is 5.92 Å². The Labute approximate surface area is 78.2 Å². The van der Waals surface area contributed by atoms with Gasteiger partial charge >= 0.3 is 0 Å². The summed E-state index contributed by atoms with van der Waals surface area (Å²) in [6.07, 6.45) is 8.22. The second-order valence-corrected chi connectivity index (χ2v) is 3.68. The van der Waals surface area contributed by atoms with Crippen molar-refractivity contribution in [3.63, 3.8) is 0 Å². The lowest BCUT2D eigenvalue weighted by molar-refractivity contribution is -0.123. The zero-order valence-electron chi connectivity index (χ0n) is 7.95. The maximum absolute atomic E-state index is 11.6. The predicted molar refractivity (Wildman–Crippen MR) is 52.1 cm³/mol. The van der Waals surface area contributed by atoms with Gasteiger partial charge in [0, 0.05) is 19.2 Å². The molecule has 1 amide bonds. The molecule has 1 aliphatic heterocycles. The van der Waals surface area contributed by atoms with Crippen molar-refractivity contribution in [2.24, 2.45) is 5.92 Å². The van der Waals surface area contributed by atoms with E-state index in [9.17, 15) is 4.79 Å². The van der Waals surface area contributed by atoms with Crippen LogP contribution >= 0.6 is 0 Å². The highest BCUT2D eigenvalue weighted by Gasteiger charge is 2.27. The molecule has 1 aliphatic carbocycles. The fraction of sp³-hybridized carbons (Fsp3) is 0.364. The fourth-order valence-corrected chi connectivity index (χ4v) is 1.74.